The van der Waals surface area contributed by atoms with Crippen molar-refractivity contribution in [3.8, 4) is 11.5 Å². The lowest BCUT2D eigenvalue weighted by Gasteiger charge is -2.13. The topological polar surface area (TPSA) is 61.1 Å². The van der Waals surface area contributed by atoms with Crippen molar-refractivity contribution in [2.45, 2.75) is 18.9 Å². The van der Waals surface area contributed by atoms with E-state index in [1.165, 1.54) is 16.9 Å². The van der Waals surface area contributed by atoms with Crippen LogP contribution in [0.25, 0.3) is 11.5 Å². The van der Waals surface area contributed by atoms with Crippen LogP contribution in [0.2, 0.25) is 0 Å². The van der Waals surface area contributed by atoms with Crippen molar-refractivity contribution in [2.24, 2.45) is 0 Å². The molecule has 1 saturated heterocycles. The Balaban J connectivity index is 1.70. The van der Waals surface area contributed by atoms with Crippen molar-refractivity contribution in [1.82, 2.24) is 19.7 Å². The summed E-state index contributed by atoms with van der Waals surface area (Å²) < 4.78 is 36.0. The first-order chi connectivity index (χ1) is 13.1. The van der Waals surface area contributed by atoms with Crippen LogP contribution in [0, 0.1) is 11.6 Å². The number of hydrogen-bond donors (Lipinski definition) is 1. The van der Waals surface area contributed by atoms with Gasteiger partial charge in [0.25, 0.3) is 5.91 Å². The smallest absolute Gasteiger partial charge is 0.256 e. The summed E-state index contributed by atoms with van der Waals surface area (Å²) >= 11 is 0. The van der Waals surface area contributed by atoms with Gasteiger partial charge in [-0.15, -0.1) is 0 Å². The molecule has 6 nitrogen and oxygen atoms in total. The molecule has 1 aromatic carbocycles. The van der Waals surface area contributed by atoms with Crippen LogP contribution in [-0.4, -0.2) is 39.5 Å². The molecule has 140 valence electrons. The van der Waals surface area contributed by atoms with Crippen molar-refractivity contribution in [2.75, 3.05) is 13.2 Å². The van der Waals surface area contributed by atoms with Crippen LogP contribution in [0.3, 0.4) is 0 Å². The van der Waals surface area contributed by atoms with E-state index in [0.717, 1.165) is 25.0 Å². The summed E-state index contributed by atoms with van der Waals surface area (Å²) in [7, 11) is 0. The quantitative estimate of drug-likeness (QED) is 0.749. The van der Waals surface area contributed by atoms with Gasteiger partial charge >= 0.3 is 0 Å². The molecule has 1 aliphatic heterocycles. The second kappa shape index (κ2) is 7.32. The molecule has 1 amide bonds. The molecule has 1 aliphatic rings. The van der Waals surface area contributed by atoms with Gasteiger partial charge in [0, 0.05) is 31.6 Å². The maximum absolute atomic E-state index is 14.3. The Morgan fingerprint density at radius 2 is 2.11 bits per heavy atom. The average Bonchev–Trinajstić information content (AvgIpc) is 3.39. The molecule has 1 fully saturated rings. The molecule has 0 radical (unpaired) electrons. The molecule has 4 rings (SSSR count). The number of carbonyl (C=O) groups is 1. The Bertz CT molecular complexity index is 947. The maximum atomic E-state index is 14.3. The Kier molecular flexibility index (Phi) is 4.72. The molecule has 0 saturated carbocycles. The van der Waals surface area contributed by atoms with E-state index in [4.69, 9.17) is 4.74 Å². The maximum Gasteiger partial charge on any atom is 0.256 e. The number of rotatable bonds is 5. The summed E-state index contributed by atoms with van der Waals surface area (Å²) in [6, 6.07) is 6.79. The van der Waals surface area contributed by atoms with E-state index < -0.39 is 11.6 Å². The van der Waals surface area contributed by atoms with E-state index in [-0.39, 0.29) is 23.3 Å². The first-order valence-corrected chi connectivity index (χ1v) is 8.70. The summed E-state index contributed by atoms with van der Waals surface area (Å²) in [4.78, 5) is 12.7. The van der Waals surface area contributed by atoms with Gasteiger partial charge in [0.05, 0.1) is 12.3 Å². The molecule has 0 unspecified atom stereocenters. The number of amides is 1. The fourth-order valence-electron chi connectivity index (χ4n) is 3.16. The SMILES string of the molecule is O=C(NC[C@@H]1CCCO1)c1cnn(-c2ccc(F)cc2F)c1-n1cccc1. The highest BCUT2D eigenvalue weighted by molar-refractivity contribution is 5.97. The van der Waals surface area contributed by atoms with Crippen LogP contribution >= 0.6 is 0 Å². The Morgan fingerprint density at radius 1 is 1.30 bits per heavy atom. The number of carbonyl (C=O) groups excluding carboxylic acids is 1. The number of nitrogens with zero attached hydrogens (tertiary/aromatic N) is 3. The highest BCUT2D eigenvalue weighted by Gasteiger charge is 2.23. The average molecular weight is 372 g/mol. The van der Waals surface area contributed by atoms with Crippen LogP contribution in [0.4, 0.5) is 8.78 Å². The molecular formula is C19H18F2N4O2. The number of aromatic nitrogens is 3. The van der Waals surface area contributed by atoms with Crippen molar-refractivity contribution in [1.29, 1.82) is 0 Å². The highest BCUT2D eigenvalue weighted by atomic mass is 19.1. The zero-order valence-electron chi connectivity index (χ0n) is 14.4. The van der Waals surface area contributed by atoms with Gasteiger partial charge in [0.1, 0.15) is 17.1 Å². The van der Waals surface area contributed by atoms with Crippen LogP contribution < -0.4 is 5.32 Å². The van der Waals surface area contributed by atoms with Gasteiger partial charge in [-0.1, -0.05) is 0 Å². The zero-order valence-corrected chi connectivity index (χ0v) is 14.4. The van der Waals surface area contributed by atoms with Gasteiger partial charge < -0.3 is 14.6 Å². The number of benzene rings is 1. The standard InChI is InChI=1S/C19H18F2N4O2/c20-13-5-6-17(16(21)10-13)25-19(24-7-1-2-8-24)15(12-23-25)18(26)22-11-14-4-3-9-27-14/h1-2,5-8,10,12,14H,3-4,9,11H2,(H,22,26)/t14-/m0/s1. The van der Waals surface area contributed by atoms with Gasteiger partial charge in [-0.3, -0.25) is 4.79 Å². The molecule has 0 bridgehead atoms. The Labute approximate surface area is 154 Å². The van der Waals surface area contributed by atoms with E-state index in [1.807, 2.05) is 0 Å². The summed E-state index contributed by atoms with van der Waals surface area (Å²) in [5, 5.41) is 7.02. The summed E-state index contributed by atoms with van der Waals surface area (Å²) in [5.41, 5.74) is 0.339. The Morgan fingerprint density at radius 3 is 2.81 bits per heavy atom. The molecular weight excluding hydrogens is 354 g/mol. The molecule has 3 aromatic rings. The van der Waals surface area contributed by atoms with Crippen LogP contribution in [-0.2, 0) is 4.74 Å². The van der Waals surface area contributed by atoms with Crippen molar-refractivity contribution in [3.63, 3.8) is 0 Å². The molecule has 27 heavy (non-hydrogen) atoms. The molecule has 2 aromatic heterocycles. The lowest BCUT2D eigenvalue weighted by Crippen LogP contribution is -2.32. The lowest BCUT2D eigenvalue weighted by atomic mass is 10.2. The third-order valence-electron chi connectivity index (χ3n) is 4.49. The van der Waals surface area contributed by atoms with Crippen molar-refractivity contribution in [3.05, 3.63) is 66.1 Å². The van der Waals surface area contributed by atoms with Gasteiger partial charge in [-0.05, 0) is 37.1 Å². The second-order valence-electron chi connectivity index (χ2n) is 6.32. The normalized spacial score (nSPS) is 16.6. The van der Waals surface area contributed by atoms with Gasteiger partial charge in [-0.2, -0.15) is 5.10 Å². The minimum atomic E-state index is -0.766. The first kappa shape index (κ1) is 17.4. The van der Waals surface area contributed by atoms with E-state index in [9.17, 15) is 13.6 Å². The van der Waals surface area contributed by atoms with E-state index in [0.29, 0.717) is 19.0 Å². The molecule has 1 N–H and O–H groups in total. The fraction of sp³-hybridized carbons (Fsp3) is 0.263. The highest BCUT2D eigenvalue weighted by Crippen LogP contribution is 2.22. The van der Waals surface area contributed by atoms with Crippen LogP contribution in [0.5, 0.6) is 0 Å². The monoisotopic (exact) mass is 372 g/mol. The molecule has 8 heteroatoms. The van der Waals surface area contributed by atoms with E-state index in [2.05, 4.69) is 10.4 Å². The predicted octanol–water partition coefficient (Wildman–Crippen LogP) is 2.85. The number of nitrogens with one attached hydrogen (secondary N) is 1. The summed E-state index contributed by atoms with van der Waals surface area (Å²) in [6.07, 6.45) is 6.73. The number of halogens is 2. The van der Waals surface area contributed by atoms with E-state index in [1.54, 1.807) is 29.1 Å². The van der Waals surface area contributed by atoms with Gasteiger partial charge in [0.15, 0.2) is 11.6 Å². The summed E-state index contributed by atoms with van der Waals surface area (Å²) in [6.45, 7) is 1.11. The molecule has 0 spiro atoms. The minimum absolute atomic E-state index is 0.00793. The minimum Gasteiger partial charge on any atom is -0.376 e. The third-order valence-corrected chi connectivity index (χ3v) is 4.49. The third kappa shape index (κ3) is 3.48. The largest absolute Gasteiger partial charge is 0.376 e. The van der Waals surface area contributed by atoms with Crippen molar-refractivity contribution >= 4 is 5.91 Å². The molecule has 1 atom stereocenters. The lowest BCUT2D eigenvalue weighted by molar-refractivity contribution is 0.0857. The number of ether oxygens (including phenoxy) is 1. The molecule has 0 aliphatic carbocycles. The van der Waals surface area contributed by atoms with Crippen LogP contribution in [0.1, 0.15) is 23.2 Å². The van der Waals surface area contributed by atoms with Gasteiger partial charge in [0.2, 0.25) is 0 Å². The first-order valence-electron chi connectivity index (χ1n) is 8.70. The van der Waals surface area contributed by atoms with E-state index >= 15 is 0 Å². The van der Waals surface area contributed by atoms with Crippen LogP contribution in [0.15, 0.2) is 48.9 Å². The molecule has 3 heterocycles. The zero-order chi connectivity index (χ0) is 18.8. The Hall–Kier alpha value is -3.00. The van der Waals surface area contributed by atoms with Gasteiger partial charge in [-0.25, -0.2) is 13.5 Å². The number of hydrogen-bond acceptors (Lipinski definition) is 3. The fourth-order valence-corrected chi connectivity index (χ4v) is 3.16. The van der Waals surface area contributed by atoms with Crippen molar-refractivity contribution < 1.29 is 18.3 Å². The predicted molar refractivity (Wildman–Crippen MR) is 94.1 cm³/mol. The summed E-state index contributed by atoms with van der Waals surface area (Å²) in [5.74, 6) is -1.41. The second-order valence-corrected chi connectivity index (χ2v) is 6.32.